The van der Waals surface area contributed by atoms with Crippen molar-refractivity contribution >= 4 is 46.7 Å². The Hall–Kier alpha value is -2.64. The van der Waals surface area contributed by atoms with Gasteiger partial charge >= 0.3 is 0 Å². The van der Waals surface area contributed by atoms with Gasteiger partial charge in [0.25, 0.3) is 0 Å². The fourth-order valence-electron chi connectivity index (χ4n) is 5.25. The van der Waals surface area contributed by atoms with E-state index in [-0.39, 0.29) is 0 Å². The first-order chi connectivity index (χ1) is 18.5. The van der Waals surface area contributed by atoms with Gasteiger partial charge in [-0.15, -0.1) is 0 Å². The second kappa shape index (κ2) is 9.53. The van der Waals surface area contributed by atoms with Gasteiger partial charge in [0.05, 0.1) is 31.5 Å². The Morgan fingerprint density at radius 1 is 0.500 bits per heavy atom. The lowest BCUT2D eigenvalue weighted by Crippen LogP contribution is -2.38. The number of halogens is 2. The molecule has 2 spiro atoms. The molecule has 2 aliphatic heterocycles. The van der Waals surface area contributed by atoms with Gasteiger partial charge in [0.2, 0.25) is 0 Å². The third-order valence-corrected chi connectivity index (χ3v) is 10.1. The number of nitrogens with zero attached hydrogens (tertiary/aromatic N) is 4. The van der Waals surface area contributed by atoms with E-state index in [2.05, 4.69) is 36.4 Å². The Labute approximate surface area is 238 Å². The van der Waals surface area contributed by atoms with Crippen LogP contribution in [-0.4, -0.2) is 11.3 Å². The molecule has 4 aromatic carbocycles. The van der Waals surface area contributed by atoms with Crippen molar-refractivity contribution in [3.05, 3.63) is 116 Å². The van der Waals surface area contributed by atoms with Crippen LogP contribution in [0, 0.1) is 0 Å². The summed E-state index contributed by atoms with van der Waals surface area (Å²) in [4.78, 5) is 24.6. The normalized spacial score (nSPS) is 22.8. The molecule has 1 fully saturated rings. The molecule has 0 radical (unpaired) electrons. The minimum Gasteiger partial charge on any atom is -0.253 e. The molecule has 1 aliphatic carbocycles. The van der Waals surface area contributed by atoms with E-state index in [1.54, 1.807) is 23.5 Å². The Bertz CT molecular complexity index is 1670. The SMILES string of the molecule is Clc1cc2c(cc1Sc1ccccc1)=NC1(CCC3(CC1)N=c1cc(Cl)c(Sc4ccccc4)cc1=N3)N=2. The molecule has 0 amide bonds. The smallest absolute Gasteiger partial charge is 0.151 e. The molecule has 4 nitrogen and oxygen atoms in total. The lowest BCUT2D eigenvalue weighted by Gasteiger charge is -2.36. The van der Waals surface area contributed by atoms with Crippen molar-refractivity contribution < 1.29 is 0 Å². The maximum Gasteiger partial charge on any atom is 0.151 e. The van der Waals surface area contributed by atoms with Crippen molar-refractivity contribution in [1.29, 1.82) is 0 Å². The van der Waals surface area contributed by atoms with Crippen LogP contribution in [0.15, 0.2) is 124 Å². The molecule has 0 N–H and O–H groups in total. The Morgan fingerprint density at radius 2 is 0.842 bits per heavy atom. The Balaban J connectivity index is 1.14. The van der Waals surface area contributed by atoms with Crippen LogP contribution in [0.3, 0.4) is 0 Å². The highest BCUT2D eigenvalue weighted by atomic mass is 35.5. The van der Waals surface area contributed by atoms with Crippen LogP contribution in [0.4, 0.5) is 0 Å². The van der Waals surface area contributed by atoms with Gasteiger partial charge in [0, 0.05) is 19.6 Å². The first-order valence-electron chi connectivity index (χ1n) is 12.5. The molecule has 8 heteroatoms. The predicted molar refractivity (Wildman–Crippen MR) is 153 cm³/mol. The van der Waals surface area contributed by atoms with Crippen LogP contribution < -0.4 is 21.4 Å². The van der Waals surface area contributed by atoms with Gasteiger partial charge in [-0.05, 0) is 74.2 Å². The second-order valence-corrected chi connectivity index (χ2v) is 12.8. The molecule has 188 valence electrons. The molecule has 7 rings (SSSR count). The van der Waals surface area contributed by atoms with Crippen molar-refractivity contribution in [2.75, 3.05) is 0 Å². The minimum atomic E-state index is -0.460. The third-order valence-electron chi connectivity index (χ3n) is 7.17. The van der Waals surface area contributed by atoms with Gasteiger partial charge in [-0.25, -0.2) is 0 Å². The van der Waals surface area contributed by atoms with E-state index in [9.17, 15) is 0 Å². The van der Waals surface area contributed by atoms with Crippen LogP contribution in [0.5, 0.6) is 0 Å². The van der Waals surface area contributed by atoms with E-state index < -0.39 is 11.3 Å². The highest BCUT2D eigenvalue weighted by Gasteiger charge is 2.44. The summed E-state index contributed by atoms with van der Waals surface area (Å²) in [6.45, 7) is 0. The van der Waals surface area contributed by atoms with Crippen molar-refractivity contribution in [1.82, 2.24) is 0 Å². The molecular formula is C30H22Cl2N4S2. The van der Waals surface area contributed by atoms with Crippen molar-refractivity contribution in [2.45, 2.75) is 56.6 Å². The summed E-state index contributed by atoms with van der Waals surface area (Å²) in [5.41, 5.74) is -0.919. The molecular weight excluding hydrogens is 551 g/mol. The van der Waals surface area contributed by atoms with Crippen LogP contribution in [0.1, 0.15) is 25.7 Å². The Kier molecular flexibility index (Phi) is 6.12. The quantitative estimate of drug-likeness (QED) is 0.281. The van der Waals surface area contributed by atoms with Crippen molar-refractivity contribution in [3.63, 3.8) is 0 Å². The zero-order valence-corrected chi connectivity index (χ0v) is 23.4. The van der Waals surface area contributed by atoms with Crippen LogP contribution in [0.25, 0.3) is 0 Å². The van der Waals surface area contributed by atoms with Gasteiger partial charge in [-0.3, -0.25) is 20.0 Å². The van der Waals surface area contributed by atoms with Crippen molar-refractivity contribution in [2.24, 2.45) is 20.0 Å². The summed E-state index contributed by atoms with van der Waals surface area (Å²) in [6.07, 6.45) is 3.17. The third kappa shape index (κ3) is 4.58. The average molecular weight is 574 g/mol. The van der Waals surface area contributed by atoms with Gasteiger partial charge < -0.3 is 0 Å². The lowest BCUT2D eigenvalue weighted by molar-refractivity contribution is 0.215. The van der Waals surface area contributed by atoms with E-state index in [0.717, 1.165) is 66.7 Å². The zero-order valence-electron chi connectivity index (χ0n) is 20.3. The van der Waals surface area contributed by atoms with Crippen LogP contribution in [-0.2, 0) is 0 Å². The summed E-state index contributed by atoms with van der Waals surface area (Å²) in [5, 5.41) is 5.00. The highest BCUT2D eigenvalue weighted by Crippen LogP contribution is 2.42. The first-order valence-corrected chi connectivity index (χ1v) is 14.9. The summed E-state index contributed by atoms with van der Waals surface area (Å²) in [5.74, 6) is 0. The average Bonchev–Trinajstić information content (AvgIpc) is 3.45. The fourth-order valence-corrected chi connectivity index (χ4v) is 7.55. The summed E-state index contributed by atoms with van der Waals surface area (Å²) >= 11 is 16.6. The molecule has 38 heavy (non-hydrogen) atoms. The molecule has 0 atom stereocenters. The zero-order chi connectivity index (χ0) is 25.7. The van der Waals surface area contributed by atoms with E-state index >= 15 is 0 Å². The lowest BCUT2D eigenvalue weighted by atomic mass is 9.83. The number of hydrogen-bond acceptors (Lipinski definition) is 6. The molecule has 4 aromatic rings. The van der Waals surface area contributed by atoms with Gasteiger partial charge in [0.1, 0.15) is 0 Å². The number of hydrogen-bond donors (Lipinski definition) is 0. The molecule has 0 unspecified atom stereocenters. The molecule has 2 heterocycles. The first kappa shape index (κ1) is 24.4. The van der Waals surface area contributed by atoms with E-state index in [0.29, 0.717) is 10.0 Å². The molecule has 0 saturated heterocycles. The minimum absolute atomic E-state index is 0.460. The van der Waals surface area contributed by atoms with E-state index in [1.807, 2.05) is 48.5 Å². The molecule has 0 aromatic heterocycles. The fraction of sp³-hybridized carbons (Fsp3) is 0.200. The second-order valence-electron chi connectivity index (χ2n) is 9.79. The monoisotopic (exact) mass is 572 g/mol. The van der Waals surface area contributed by atoms with Crippen LogP contribution >= 0.6 is 46.7 Å². The number of benzene rings is 4. The number of rotatable bonds is 4. The summed E-state index contributed by atoms with van der Waals surface area (Å²) in [7, 11) is 0. The topological polar surface area (TPSA) is 49.4 Å². The van der Waals surface area contributed by atoms with Crippen molar-refractivity contribution in [3.8, 4) is 0 Å². The van der Waals surface area contributed by atoms with Crippen LogP contribution in [0.2, 0.25) is 10.0 Å². The molecule has 0 bridgehead atoms. The largest absolute Gasteiger partial charge is 0.253 e. The predicted octanol–water partition coefficient (Wildman–Crippen LogP) is 6.47. The standard InChI is InChI=1S/C30H22Cl2N4S2/c31-21-15-23-25(17-27(21)37-19-7-3-1-4-8-19)35-29(33-23)11-13-30(14-12-29)34-24-16-22(32)28(18-26(24)36-30)38-20-9-5-2-6-10-20/h1-10,15-18H,11-14H2. The van der Waals surface area contributed by atoms with Gasteiger partial charge in [0.15, 0.2) is 11.3 Å². The van der Waals surface area contributed by atoms with Gasteiger partial charge in [-0.2, -0.15) is 0 Å². The summed E-state index contributed by atoms with van der Waals surface area (Å²) < 4.78 is 0. The highest BCUT2D eigenvalue weighted by molar-refractivity contribution is 7.99. The maximum atomic E-state index is 6.65. The number of fused-ring (bicyclic) bond motifs is 2. The maximum absolute atomic E-state index is 6.65. The molecule has 1 saturated carbocycles. The molecule has 3 aliphatic rings. The van der Waals surface area contributed by atoms with Gasteiger partial charge in [-0.1, -0.05) is 83.1 Å². The Morgan fingerprint density at radius 3 is 1.21 bits per heavy atom. The summed E-state index contributed by atoms with van der Waals surface area (Å²) in [6, 6.07) is 28.6. The van der Waals surface area contributed by atoms with E-state index in [4.69, 9.17) is 43.2 Å². The van der Waals surface area contributed by atoms with E-state index in [1.165, 1.54) is 0 Å².